The van der Waals surface area contributed by atoms with Crippen LogP contribution in [0, 0.1) is 0 Å². The van der Waals surface area contributed by atoms with E-state index in [1.165, 1.54) is 0 Å². The molecule has 2 saturated heterocycles. The van der Waals surface area contributed by atoms with Crippen molar-refractivity contribution in [2.45, 2.75) is 25.0 Å². The minimum Gasteiger partial charge on any atom is -0.378 e. The zero-order valence-corrected chi connectivity index (χ0v) is 16.3. The molecule has 0 N–H and O–H groups in total. The maximum Gasteiger partial charge on any atom is 0.246 e. The number of halogens is 2. The van der Waals surface area contributed by atoms with E-state index in [1.54, 1.807) is 12.1 Å². The van der Waals surface area contributed by atoms with Gasteiger partial charge in [-0.2, -0.15) is 0 Å². The lowest BCUT2D eigenvalue weighted by atomic mass is 10.1. The summed E-state index contributed by atoms with van der Waals surface area (Å²) in [6.45, 7) is 0.925. The van der Waals surface area contributed by atoms with Crippen LogP contribution in [0.4, 0.5) is 11.4 Å². The maximum absolute atomic E-state index is 13.1. The molecule has 2 aromatic rings. The number of amides is 1. The summed E-state index contributed by atoms with van der Waals surface area (Å²) in [6, 6.07) is 13.8. The Bertz CT molecular complexity index is 837. The Kier molecular flexibility index (Phi) is 4.59. The van der Waals surface area contributed by atoms with Crippen molar-refractivity contribution in [3.63, 3.8) is 0 Å². The molecule has 2 fully saturated rings. The minimum absolute atomic E-state index is 0.0528. The van der Waals surface area contributed by atoms with Crippen molar-refractivity contribution in [2.75, 3.05) is 30.4 Å². The van der Waals surface area contributed by atoms with Gasteiger partial charge in [0.25, 0.3) is 0 Å². The third-order valence-electron chi connectivity index (χ3n) is 5.26. The number of benzene rings is 2. The van der Waals surface area contributed by atoms with E-state index in [9.17, 15) is 4.79 Å². The molecular formula is C20H21Cl2N3O. The number of fused-ring (bicyclic) bond motifs is 1. The van der Waals surface area contributed by atoms with Crippen LogP contribution in [0.5, 0.6) is 0 Å². The summed E-state index contributed by atoms with van der Waals surface area (Å²) in [5.41, 5.74) is 3.04. The number of anilines is 2. The lowest BCUT2D eigenvalue weighted by Gasteiger charge is -2.30. The smallest absolute Gasteiger partial charge is 0.246 e. The van der Waals surface area contributed by atoms with E-state index in [-0.39, 0.29) is 18.1 Å². The summed E-state index contributed by atoms with van der Waals surface area (Å²) in [4.78, 5) is 19.4. The number of nitrogens with zero attached hydrogens (tertiary/aromatic N) is 3. The molecule has 2 unspecified atom stereocenters. The van der Waals surface area contributed by atoms with Crippen molar-refractivity contribution in [3.05, 3.63) is 58.1 Å². The molecule has 0 bridgehead atoms. The monoisotopic (exact) mass is 389 g/mol. The average Bonchev–Trinajstić information content (AvgIpc) is 3.20. The molecule has 2 atom stereocenters. The second-order valence-electron chi connectivity index (χ2n) is 7.06. The van der Waals surface area contributed by atoms with Crippen LogP contribution in [0.15, 0.2) is 42.5 Å². The molecule has 0 radical (unpaired) electrons. The maximum atomic E-state index is 13.1. The first-order valence-corrected chi connectivity index (χ1v) is 9.54. The zero-order chi connectivity index (χ0) is 18.4. The first-order valence-electron chi connectivity index (χ1n) is 8.78. The number of carbonyl (C=O) groups excluding carboxylic acids is 1. The Hall–Kier alpha value is -1.75. The molecule has 2 aliphatic rings. The predicted molar refractivity (Wildman–Crippen MR) is 107 cm³/mol. The van der Waals surface area contributed by atoms with E-state index in [1.807, 2.05) is 25.1 Å². The lowest BCUT2D eigenvalue weighted by Crippen LogP contribution is -2.32. The number of hydrogen-bond acceptors (Lipinski definition) is 3. The van der Waals surface area contributed by atoms with Crippen molar-refractivity contribution in [3.8, 4) is 0 Å². The zero-order valence-electron chi connectivity index (χ0n) is 14.8. The molecule has 1 amide bonds. The van der Waals surface area contributed by atoms with E-state index >= 15 is 0 Å². The molecule has 4 nitrogen and oxygen atoms in total. The Morgan fingerprint density at radius 1 is 1.04 bits per heavy atom. The molecule has 2 aromatic carbocycles. The number of carbonyl (C=O) groups is 1. The van der Waals surface area contributed by atoms with Crippen LogP contribution >= 0.6 is 23.2 Å². The number of rotatable bonds is 3. The fourth-order valence-electron chi connectivity index (χ4n) is 3.96. The molecule has 0 spiro atoms. The van der Waals surface area contributed by atoms with Crippen LogP contribution in [-0.2, 0) is 4.79 Å². The molecule has 2 aliphatic heterocycles. The van der Waals surface area contributed by atoms with Gasteiger partial charge in [-0.05, 0) is 48.7 Å². The van der Waals surface area contributed by atoms with Gasteiger partial charge in [-0.3, -0.25) is 14.6 Å². The fourth-order valence-corrected chi connectivity index (χ4v) is 4.26. The molecule has 26 heavy (non-hydrogen) atoms. The minimum atomic E-state index is -0.108. The molecule has 6 heteroatoms. The standard InChI is InChI=1S/C20H21Cl2N3O/c1-23(2)14-7-5-13(6-8-14)19-24-11-3-4-18(24)20(26)25(19)15-9-10-16(21)17(22)12-15/h5-10,12,18-19H,3-4,11H2,1-2H3. The Morgan fingerprint density at radius 2 is 1.77 bits per heavy atom. The van der Waals surface area contributed by atoms with Gasteiger partial charge >= 0.3 is 0 Å². The summed E-state index contributed by atoms with van der Waals surface area (Å²) in [7, 11) is 4.04. The molecule has 2 heterocycles. The van der Waals surface area contributed by atoms with Gasteiger partial charge in [0.2, 0.25) is 5.91 Å². The normalized spacial score (nSPS) is 22.8. The molecule has 136 valence electrons. The Balaban J connectivity index is 1.77. The van der Waals surface area contributed by atoms with E-state index in [4.69, 9.17) is 23.2 Å². The topological polar surface area (TPSA) is 26.8 Å². The molecular weight excluding hydrogens is 369 g/mol. The van der Waals surface area contributed by atoms with Gasteiger partial charge < -0.3 is 4.90 Å². The first kappa shape index (κ1) is 17.7. The van der Waals surface area contributed by atoms with Gasteiger partial charge in [-0.15, -0.1) is 0 Å². The van der Waals surface area contributed by atoms with Gasteiger partial charge in [-0.25, -0.2) is 0 Å². The summed E-state index contributed by atoms with van der Waals surface area (Å²) in [6.07, 6.45) is 1.85. The van der Waals surface area contributed by atoms with Crippen LogP contribution in [0.1, 0.15) is 24.6 Å². The summed E-state index contributed by atoms with van der Waals surface area (Å²) in [5, 5.41) is 0.959. The quantitative estimate of drug-likeness (QED) is 0.768. The Morgan fingerprint density at radius 3 is 2.42 bits per heavy atom. The number of hydrogen-bond donors (Lipinski definition) is 0. The molecule has 0 aliphatic carbocycles. The summed E-state index contributed by atoms with van der Waals surface area (Å²) < 4.78 is 0. The van der Waals surface area contributed by atoms with E-state index in [2.05, 4.69) is 34.1 Å². The highest BCUT2D eigenvalue weighted by Crippen LogP contribution is 2.43. The molecule has 0 saturated carbocycles. The fraction of sp³-hybridized carbons (Fsp3) is 0.350. The Labute approximate surface area is 163 Å². The third kappa shape index (κ3) is 2.86. The summed E-state index contributed by atoms with van der Waals surface area (Å²) in [5.74, 6) is 0.141. The van der Waals surface area contributed by atoms with E-state index in [0.29, 0.717) is 10.0 Å². The van der Waals surface area contributed by atoms with Crippen molar-refractivity contribution in [1.29, 1.82) is 0 Å². The molecule has 4 rings (SSSR count). The van der Waals surface area contributed by atoms with E-state index in [0.717, 1.165) is 36.3 Å². The van der Waals surface area contributed by atoms with Crippen molar-refractivity contribution >= 4 is 40.5 Å². The van der Waals surface area contributed by atoms with Crippen LogP contribution in [0.25, 0.3) is 0 Å². The van der Waals surface area contributed by atoms with Crippen molar-refractivity contribution in [1.82, 2.24) is 4.90 Å². The largest absolute Gasteiger partial charge is 0.378 e. The third-order valence-corrected chi connectivity index (χ3v) is 6.00. The van der Waals surface area contributed by atoms with Crippen LogP contribution in [0.3, 0.4) is 0 Å². The second-order valence-corrected chi connectivity index (χ2v) is 7.88. The van der Waals surface area contributed by atoms with Gasteiger partial charge in [0.15, 0.2) is 0 Å². The average molecular weight is 390 g/mol. The van der Waals surface area contributed by atoms with Gasteiger partial charge in [0.05, 0.1) is 16.1 Å². The predicted octanol–water partition coefficient (Wildman–Crippen LogP) is 4.57. The van der Waals surface area contributed by atoms with Gasteiger partial charge in [-0.1, -0.05) is 35.3 Å². The highest BCUT2D eigenvalue weighted by molar-refractivity contribution is 6.42. The van der Waals surface area contributed by atoms with Crippen molar-refractivity contribution < 1.29 is 4.79 Å². The van der Waals surface area contributed by atoms with Crippen molar-refractivity contribution in [2.24, 2.45) is 0 Å². The van der Waals surface area contributed by atoms with Crippen LogP contribution in [-0.4, -0.2) is 37.5 Å². The summed E-state index contributed by atoms with van der Waals surface area (Å²) >= 11 is 12.3. The SMILES string of the molecule is CN(C)c1ccc(C2N(c3ccc(Cl)c(Cl)c3)C(=O)C3CCCN32)cc1. The highest BCUT2D eigenvalue weighted by Gasteiger charge is 2.49. The first-order chi connectivity index (χ1) is 12.5. The van der Waals surface area contributed by atoms with Gasteiger partial charge in [0, 0.05) is 32.0 Å². The lowest BCUT2D eigenvalue weighted by molar-refractivity contribution is -0.119. The highest BCUT2D eigenvalue weighted by atomic mass is 35.5. The van der Waals surface area contributed by atoms with Gasteiger partial charge in [0.1, 0.15) is 6.17 Å². The van der Waals surface area contributed by atoms with Crippen LogP contribution in [0.2, 0.25) is 10.0 Å². The second kappa shape index (κ2) is 6.76. The van der Waals surface area contributed by atoms with E-state index < -0.39 is 0 Å². The van der Waals surface area contributed by atoms with Crippen LogP contribution < -0.4 is 9.80 Å². The molecule has 0 aromatic heterocycles.